The van der Waals surface area contributed by atoms with E-state index >= 15 is 0 Å². The van der Waals surface area contributed by atoms with Crippen molar-refractivity contribution in [3.63, 3.8) is 0 Å². The highest BCUT2D eigenvalue weighted by atomic mass is 32.2. The maximum Gasteiger partial charge on any atom is 0.233 e. The van der Waals surface area contributed by atoms with E-state index in [1.54, 1.807) is 13.3 Å². The van der Waals surface area contributed by atoms with Crippen LogP contribution in [0.3, 0.4) is 0 Å². The van der Waals surface area contributed by atoms with Gasteiger partial charge in [0.05, 0.1) is 12.4 Å². The summed E-state index contributed by atoms with van der Waals surface area (Å²) in [4.78, 5) is 16.3. The quantitative estimate of drug-likeness (QED) is 0.797. The second-order valence-corrected chi connectivity index (χ2v) is 6.14. The Kier molecular flexibility index (Phi) is 5.89. The summed E-state index contributed by atoms with van der Waals surface area (Å²) in [5.74, 6) is 0.849. The van der Waals surface area contributed by atoms with Gasteiger partial charge in [0, 0.05) is 24.6 Å². The molecule has 0 saturated carbocycles. The van der Waals surface area contributed by atoms with Gasteiger partial charge in [0.15, 0.2) is 5.16 Å². The van der Waals surface area contributed by atoms with Crippen LogP contribution in [-0.4, -0.2) is 34.4 Å². The molecule has 6 heteroatoms. The van der Waals surface area contributed by atoms with Gasteiger partial charge in [0.2, 0.25) is 5.91 Å². The number of ether oxygens (including phenoxy) is 1. The van der Waals surface area contributed by atoms with Crippen LogP contribution in [0.4, 0.5) is 0 Å². The van der Waals surface area contributed by atoms with Gasteiger partial charge >= 0.3 is 0 Å². The minimum Gasteiger partial charge on any atom is -0.497 e. The molecule has 1 atom stereocenters. The van der Waals surface area contributed by atoms with Crippen LogP contribution in [0.5, 0.6) is 5.75 Å². The molecule has 0 fully saturated rings. The summed E-state index contributed by atoms with van der Waals surface area (Å²) in [5, 5.41) is 3.51. The molecule has 0 bridgehead atoms. The molecule has 2 aromatic rings. The third-order valence-electron chi connectivity index (χ3n) is 3.16. The number of hydrogen-bond donors (Lipinski definition) is 1. The Morgan fingerprint density at radius 2 is 2.14 bits per heavy atom. The number of carbonyl (C=O) groups is 1. The molecule has 1 heterocycles. The van der Waals surface area contributed by atoms with Crippen molar-refractivity contribution in [1.82, 2.24) is 14.9 Å². The van der Waals surface area contributed by atoms with E-state index in [2.05, 4.69) is 10.3 Å². The molecule has 2 rings (SSSR count). The number of benzene rings is 1. The van der Waals surface area contributed by atoms with Crippen molar-refractivity contribution in [2.45, 2.75) is 30.7 Å². The fourth-order valence-corrected chi connectivity index (χ4v) is 2.83. The van der Waals surface area contributed by atoms with Crippen molar-refractivity contribution in [3.05, 3.63) is 36.7 Å². The Labute approximate surface area is 135 Å². The standard InChI is InChI=1S/C16H21N3O2S/c1-4-9-17-15(20)12(2)22-16-18-10-11-19(16)13-5-7-14(21-3)8-6-13/h5-8,10-12H,4,9H2,1-3H3,(H,17,20)/t12-/m1/s1. The maximum absolute atomic E-state index is 12.0. The lowest BCUT2D eigenvalue weighted by molar-refractivity contribution is -0.120. The fourth-order valence-electron chi connectivity index (χ4n) is 1.92. The fraction of sp³-hybridized carbons (Fsp3) is 0.375. The zero-order chi connectivity index (χ0) is 15.9. The third kappa shape index (κ3) is 4.04. The summed E-state index contributed by atoms with van der Waals surface area (Å²) >= 11 is 1.45. The molecule has 0 aliphatic heterocycles. The minimum atomic E-state index is -0.189. The molecule has 5 nitrogen and oxygen atoms in total. The highest BCUT2D eigenvalue weighted by molar-refractivity contribution is 8.00. The Hall–Kier alpha value is -1.95. The van der Waals surface area contributed by atoms with Gasteiger partial charge in [-0.2, -0.15) is 0 Å². The molecule has 1 aromatic heterocycles. The molecule has 22 heavy (non-hydrogen) atoms. The van der Waals surface area contributed by atoms with E-state index in [9.17, 15) is 4.79 Å². The Balaban J connectivity index is 2.10. The number of amides is 1. The zero-order valence-electron chi connectivity index (χ0n) is 13.1. The monoisotopic (exact) mass is 319 g/mol. The van der Waals surface area contributed by atoms with E-state index in [1.165, 1.54) is 11.8 Å². The second kappa shape index (κ2) is 7.89. The lowest BCUT2D eigenvalue weighted by Gasteiger charge is -2.13. The minimum absolute atomic E-state index is 0.0381. The van der Waals surface area contributed by atoms with Gasteiger partial charge < -0.3 is 10.1 Å². The van der Waals surface area contributed by atoms with E-state index in [4.69, 9.17) is 4.74 Å². The summed E-state index contributed by atoms with van der Waals surface area (Å²) in [6.45, 7) is 4.63. The van der Waals surface area contributed by atoms with E-state index in [0.29, 0.717) is 6.54 Å². The van der Waals surface area contributed by atoms with Crippen LogP contribution < -0.4 is 10.1 Å². The molecule has 0 radical (unpaired) electrons. The third-order valence-corrected chi connectivity index (χ3v) is 4.24. The number of rotatable bonds is 7. The lowest BCUT2D eigenvalue weighted by atomic mass is 10.3. The summed E-state index contributed by atoms with van der Waals surface area (Å²) < 4.78 is 7.13. The van der Waals surface area contributed by atoms with E-state index in [-0.39, 0.29) is 11.2 Å². The van der Waals surface area contributed by atoms with E-state index in [0.717, 1.165) is 23.0 Å². The number of aromatic nitrogens is 2. The smallest absolute Gasteiger partial charge is 0.233 e. The number of nitrogens with one attached hydrogen (secondary N) is 1. The van der Waals surface area contributed by atoms with Crippen molar-refractivity contribution in [1.29, 1.82) is 0 Å². The Morgan fingerprint density at radius 3 is 2.77 bits per heavy atom. The van der Waals surface area contributed by atoms with Crippen molar-refractivity contribution in [3.8, 4) is 11.4 Å². The summed E-state index contributed by atoms with van der Waals surface area (Å²) in [6.07, 6.45) is 4.56. The summed E-state index contributed by atoms with van der Waals surface area (Å²) in [5.41, 5.74) is 0.988. The van der Waals surface area contributed by atoms with Gasteiger partial charge in [-0.3, -0.25) is 9.36 Å². The topological polar surface area (TPSA) is 56.2 Å². The molecule has 0 unspecified atom stereocenters. The van der Waals surface area contributed by atoms with Gasteiger partial charge in [-0.1, -0.05) is 18.7 Å². The SMILES string of the molecule is CCCNC(=O)[C@@H](C)Sc1nccn1-c1ccc(OC)cc1. The van der Waals surface area contributed by atoms with Crippen LogP contribution in [0.1, 0.15) is 20.3 Å². The molecule has 0 spiro atoms. The first-order chi connectivity index (χ1) is 10.7. The van der Waals surface area contributed by atoms with Gasteiger partial charge in [-0.05, 0) is 37.6 Å². The average Bonchev–Trinajstić information content (AvgIpc) is 3.00. The molecular formula is C16H21N3O2S. The Morgan fingerprint density at radius 1 is 1.41 bits per heavy atom. The number of nitrogens with zero attached hydrogens (tertiary/aromatic N) is 2. The lowest BCUT2D eigenvalue weighted by Crippen LogP contribution is -2.31. The van der Waals surface area contributed by atoms with E-state index < -0.39 is 0 Å². The summed E-state index contributed by atoms with van der Waals surface area (Å²) in [6, 6.07) is 7.74. The zero-order valence-corrected chi connectivity index (χ0v) is 13.9. The van der Waals surface area contributed by atoms with Crippen LogP contribution in [0, 0.1) is 0 Å². The molecule has 0 saturated heterocycles. The number of carbonyl (C=O) groups excluding carboxylic acids is 1. The maximum atomic E-state index is 12.0. The molecule has 0 aliphatic rings. The van der Waals surface area contributed by atoms with Gasteiger partial charge in [0.1, 0.15) is 5.75 Å². The Bertz CT molecular complexity index is 610. The van der Waals surface area contributed by atoms with Crippen molar-refractivity contribution in [2.75, 3.05) is 13.7 Å². The number of hydrogen-bond acceptors (Lipinski definition) is 4. The summed E-state index contributed by atoms with van der Waals surface area (Å²) in [7, 11) is 1.64. The van der Waals surface area contributed by atoms with E-state index in [1.807, 2.05) is 48.9 Å². The number of imidazole rings is 1. The predicted octanol–water partition coefficient (Wildman–Crippen LogP) is 2.89. The molecular weight excluding hydrogens is 298 g/mol. The normalized spacial score (nSPS) is 12.0. The molecule has 118 valence electrons. The first-order valence-corrected chi connectivity index (χ1v) is 8.15. The predicted molar refractivity (Wildman–Crippen MR) is 88.7 cm³/mol. The number of methoxy groups -OCH3 is 1. The van der Waals surface area contributed by atoms with Gasteiger partial charge in [-0.15, -0.1) is 0 Å². The van der Waals surface area contributed by atoms with Gasteiger partial charge in [0.25, 0.3) is 0 Å². The average molecular weight is 319 g/mol. The van der Waals surface area contributed by atoms with Crippen LogP contribution in [0.15, 0.2) is 41.8 Å². The first-order valence-electron chi connectivity index (χ1n) is 7.27. The van der Waals surface area contributed by atoms with Crippen molar-refractivity contribution in [2.24, 2.45) is 0 Å². The van der Waals surface area contributed by atoms with Crippen LogP contribution in [-0.2, 0) is 4.79 Å². The highest BCUT2D eigenvalue weighted by Gasteiger charge is 2.17. The molecule has 1 amide bonds. The molecule has 0 aliphatic carbocycles. The highest BCUT2D eigenvalue weighted by Crippen LogP contribution is 2.25. The van der Waals surface area contributed by atoms with Crippen LogP contribution in [0.2, 0.25) is 0 Å². The van der Waals surface area contributed by atoms with Crippen molar-refractivity contribution < 1.29 is 9.53 Å². The van der Waals surface area contributed by atoms with Gasteiger partial charge in [-0.25, -0.2) is 4.98 Å². The van der Waals surface area contributed by atoms with Crippen LogP contribution >= 0.6 is 11.8 Å². The second-order valence-electron chi connectivity index (χ2n) is 4.83. The van der Waals surface area contributed by atoms with Crippen LogP contribution in [0.25, 0.3) is 5.69 Å². The first kappa shape index (κ1) is 16.4. The largest absolute Gasteiger partial charge is 0.497 e. The van der Waals surface area contributed by atoms with Crippen molar-refractivity contribution >= 4 is 17.7 Å². The number of thioether (sulfide) groups is 1. The molecule has 1 aromatic carbocycles. The molecule has 1 N–H and O–H groups in total.